The fourth-order valence-corrected chi connectivity index (χ4v) is 3.31. The highest BCUT2D eigenvalue weighted by atomic mass is 16.5. The lowest BCUT2D eigenvalue weighted by molar-refractivity contribution is -0.122. The SMILES string of the molecule is CCC(Oc1ccc(C(C)(C)CC)cc1C(C)(C)CC)C(=O)Nc1ccc(C)cc1. The number of rotatable bonds is 9. The minimum absolute atomic E-state index is 0.0408. The largest absolute Gasteiger partial charge is 0.480 e. The number of benzene rings is 2. The molecule has 30 heavy (non-hydrogen) atoms. The van der Waals surface area contributed by atoms with Gasteiger partial charge in [-0.3, -0.25) is 4.79 Å². The van der Waals surface area contributed by atoms with E-state index in [2.05, 4.69) is 65.1 Å². The predicted octanol–water partition coefficient (Wildman–Crippen LogP) is 7.17. The Bertz CT molecular complexity index is 850. The van der Waals surface area contributed by atoms with Gasteiger partial charge in [-0.05, 0) is 60.8 Å². The third kappa shape index (κ3) is 5.65. The molecule has 1 amide bonds. The molecule has 0 aromatic heterocycles. The summed E-state index contributed by atoms with van der Waals surface area (Å²) in [6, 6.07) is 14.3. The second-order valence-electron chi connectivity index (χ2n) is 9.56. The lowest BCUT2D eigenvalue weighted by Crippen LogP contribution is -2.33. The van der Waals surface area contributed by atoms with Crippen molar-refractivity contribution in [2.24, 2.45) is 0 Å². The Hall–Kier alpha value is -2.29. The first-order valence-electron chi connectivity index (χ1n) is 11.2. The molecule has 0 radical (unpaired) electrons. The van der Waals surface area contributed by atoms with E-state index in [1.807, 2.05) is 38.1 Å². The maximum atomic E-state index is 12.9. The molecule has 1 atom stereocenters. The normalized spacial score (nSPS) is 13.1. The first kappa shape index (κ1) is 24.0. The lowest BCUT2D eigenvalue weighted by atomic mass is 9.76. The summed E-state index contributed by atoms with van der Waals surface area (Å²) in [5.74, 6) is 0.697. The van der Waals surface area contributed by atoms with Crippen LogP contribution in [0.15, 0.2) is 42.5 Å². The van der Waals surface area contributed by atoms with Crippen molar-refractivity contribution in [3.63, 3.8) is 0 Å². The third-order valence-electron chi connectivity index (χ3n) is 6.51. The molecular formula is C27H39NO2. The van der Waals surface area contributed by atoms with E-state index in [-0.39, 0.29) is 16.7 Å². The fourth-order valence-electron chi connectivity index (χ4n) is 3.31. The molecule has 164 valence electrons. The van der Waals surface area contributed by atoms with E-state index in [0.29, 0.717) is 6.42 Å². The van der Waals surface area contributed by atoms with E-state index >= 15 is 0 Å². The van der Waals surface area contributed by atoms with Crippen LogP contribution in [0.1, 0.15) is 84.4 Å². The zero-order valence-corrected chi connectivity index (χ0v) is 20.1. The van der Waals surface area contributed by atoms with Gasteiger partial charge in [-0.1, -0.05) is 78.3 Å². The highest BCUT2D eigenvalue weighted by molar-refractivity contribution is 5.94. The van der Waals surface area contributed by atoms with Crippen molar-refractivity contribution in [1.29, 1.82) is 0 Å². The molecule has 0 saturated carbocycles. The van der Waals surface area contributed by atoms with Crippen LogP contribution in [-0.4, -0.2) is 12.0 Å². The highest BCUT2D eigenvalue weighted by Crippen LogP contribution is 2.39. The first-order chi connectivity index (χ1) is 14.0. The van der Waals surface area contributed by atoms with Crippen LogP contribution < -0.4 is 10.1 Å². The number of amides is 1. The van der Waals surface area contributed by atoms with Gasteiger partial charge in [0, 0.05) is 11.3 Å². The van der Waals surface area contributed by atoms with Crippen LogP contribution in [0, 0.1) is 6.92 Å². The highest BCUT2D eigenvalue weighted by Gasteiger charge is 2.28. The summed E-state index contributed by atoms with van der Waals surface area (Å²) in [7, 11) is 0. The Morgan fingerprint density at radius 1 is 0.933 bits per heavy atom. The van der Waals surface area contributed by atoms with Crippen LogP contribution in [0.25, 0.3) is 0 Å². The smallest absolute Gasteiger partial charge is 0.265 e. The van der Waals surface area contributed by atoms with E-state index in [1.165, 1.54) is 11.1 Å². The van der Waals surface area contributed by atoms with Gasteiger partial charge in [-0.25, -0.2) is 0 Å². The number of nitrogens with one attached hydrogen (secondary N) is 1. The standard InChI is InChI=1S/C27H39NO2/c1-9-23(25(29)28-21-15-12-19(4)13-16-21)30-24-17-14-20(26(5,6)10-2)18-22(24)27(7,8)11-3/h12-18,23H,9-11H2,1-8H3,(H,28,29). The van der Waals surface area contributed by atoms with E-state index in [1.54, 1.807) is 0 Å². The average Bonchev–Trinajstić information content (AvgIpc) is 2.73. The van der Waals surface area contributed by atoms with Crippen molar-refractivity contribution in [2.75, 3.05) is 5.32 Å². The number of anilines is 1. The Morgan fingerprint density at radius 2 is 1.53 bits per heavy atom. The van der Waals surface area contributed by atoms with Gasteiger partial charge in [0.1, 0.15) is 5.75 Å². The minimum Gasteiger partial charge on any atom is -0.480 e. The van der Waals surface area contributed by atoms with Gasteiger partial charge in [0.2, 0.25) is 0 Å². The molecule has 0 heterocycles. The van der Waals surface area contributed by atoms with Crippen LogP contribution in [0.4, 0.5) is 5.69 Å². The Balaban J connectivity index is 2.33. The molecule has 0 spiro atoms. The molecule has 2 rings (SSSR count). The lowest BCUT2D eigenvalue weighted by Gasteiger charge is -2.31. The molecule has 0 aliphatic rings. The predicted molar refractivity (Wildman–Crippen MR) is 128 cm³/mol. The first-order valence-corrected chi connectivity index (χ1v) is 11.2. The van der Waals surface area contributed by atoms with Crippen LogP contribution in [0.3, 0.4) is 0 Å². The molecule has 1 N–H and O–H groups in total. The van der Waals surface area contributed by atoms with Crippen LogP contribution >= 0.6 is 0 Å². The van der Waals surface area contributed by atoms with Gasteiger partial charge in [0.25, 0.3) is 5.91 Å². The third-order valence-corrected chi connectivity index (χ3v) is 6.51. The Morgan fingerprint density at radius 3 is 2.07 bits per heavy atom. The van der Waals surface area contributed by atoms with Crippen LogP contribution in [-0.2, 0) is 15.6 Å². The summed E-state index contributed by atoms with van der Waals surface area (Å²) in [6.45, 7) is 17.5. The summed E-state index contributed by atoms with van der Waals surface area (Å²) in [4.78, 5) is 12.9. The maximum absolute atomic E-state index is 12.9. The number of carbonyl (C=O) groups excluding carboxylic acids is 1. The second kappa shape index (κ2) is 9.68. The summed E-state index contributed by atoms with van der Waals surface area (Å²) < 4.78 is 6.33. The number of aryl methyl sites for hydroxylation is 1. The molecule has 0 aliphatic heterocycles. The zero-order valence-electron chi connectivity index (χ0n) is 20.1. The van der Waals surface area contributed by atoms with Crippen molar-refractivity contribution >= 4 is 11.6 Å². The number of hydrogen-bond donors (Lipinski definition) is 1. The summed E-state index contributed by atoms with van der Waals surface area (Å²) in [5, 5.41) is 2.99. The quantitative estimate of drug-likeness (QED) is 0.477. The van der Waals surface area contributed by atoms with E-state index < -0.39 is 6.10 Å². The number of hydrogen-bond acceptors (Lipinski definition) is 2. The van der Waals surface area contributed by atoms with Crippen molar-refractivity contribution in [3.05, 3.63) is 59.2 Å². The van der Waals surface area contributed by atoms with Crippen LogP contribution in [0.5, 0.6) is 5.75 Å². The summed E-state index contributed by atoms with van der Waals surface area (Å²) in [6.07, 6.45) is 2.12. The van der Waals surface area contributed by atoms with Gasteiger partial charge >= 0.3 is 0 Å². The van der Waals surface area contributed by atoms with Gasteiger partial charge in [0.05, 0.1) is 0 Å². The zero-order chi connectivity index (χ0) is 22.5. The fraction of sp³-hybridized carbons (Fsp3) is 0.519. The van der Waals surface area contributed by atoms with E-state index in [0.717, 1.165) is 29.8 Å². The summed E-state index contributed by atoms with van der Waals surface area (Å²) in [5.41, 5.74) is 4.50. The monoisotopic (exact) mass is 409 g/mol. The molecule has 0 saturated heterocycles. The van der Waals surface area contributed by atoms with Gasteiger partial charge in [-0.15, -0.1) is 0 Å². The van der Waals surface area contributed by atoms with Crippen molar-refractivity contribution in [3.8, 4) is 5.75 Å². The van der Waals surface area contributed by atoms with Gasteiger partial charge in [-0.2, -0.15) is 0 Å². The molecule has 2 aromatic rings. The molecule has 0 bridgehead atoms. The summed E-state index contributed by atoms with van der Waals surface area (Å²) >= 11 is 0. The van der Waals surface area contributed by atoms with E-state index in [9.17, 15) is 4.79 Å². The minimum atomic E-state index is -0.539. The van der Waals surface area contributed by atoms with Crippen molar-refractivity contribution in [1.82, 2.24) is 0 Å². The molecule has 1 unspecified atom stereocenters. The molecule has 3 nitrogen and oxygen atoms in total. The molecule has 0 aliphatic carbocycles. The molecular weight excluding hydrogens is 370 g/mol. The van der Waals surface area contributed by atoms with E-state index in [4.69, 9.17) is 4.74 Å². The average molecular weight is 410 g/mol. The van der Waals surface area contributed by atoms with Gasteiger partial charge in [0.15, 0.2) is 6.10 Å². The molecule has 3 heteroatoms. The van der Waals surface area contributed by atoms with Crippen molar-refractivity contribution in [2.45, 2.75) is 91.6 Å². The maximum Gasteiger partial charge on any atom is 0.265 e. The Labute approximate surface area is 183 Å². The molecule has 0 fully saturated rings. The Kier molecular flexibility index (Phi) is 7.74. The van der Waals surface area contributed by atoms with Crippen LogP contribution in [0.2, 0.25) is 0 Å². The number of carbonyl (C=O) groups is 1. The van der Waals surface area contributed by atoms with Crippen molar-refractivity contribution < 1.29 is 9.53 Å². The number of ether oxygens (including phenoxy) is 1. The second-order valence-corrected chi connectivity index (χ2v) is 9.56. The van der Waals surface area contributed by atoms with Gasteiger partial charge < -0.3 is 10.1 Å². The molecule has 2 aromatic carbocycles. The topological polar surface area (TPSA) is 38.3 Å².